The first-order valence-electron chi connectivity index (χ1n) is 7.52. The molecule has 106 valence electrons. The Balaban J connectivity index is 1.73. The van der Waals surface area contributed by atoms with Crippen LogP contribution in [0.5, 0.6) is 0 Å². The molecule has 2 heteroatoms. The lowest BCUT2D eigenvalue weighted by Gasteiger charge is -2.39. The molecular formula is C17H28N2. The standard InChI is InChI=1S/C17H28N2/c1-13-7-5-6-8-17(13)15-11-16(12-15)18-14(2)9-10-19(3)4/h5-8,14-16,18H,9-12H2,1-4H3. The molecule has 1 aromatic rings. The molecule has 0 saturated heterocycles. The molecule has 0 radical (unpaired) electrons. The van der Waals surface area contributed by atoms with Crippen LogP contribution in [-0.4, -0.2) is 37.6 Å². The van der Waals surface area contributed by atoms with Gasteiger partial charge >= 0.3 is 0 Å². The lowest BCUT2D eigenvalue weighted by molar-refractivity contribution is 0.255. The van der Waals surface area contributed by atoms with Crippen molar-refractivity contribution in [3.05, 3.63) is 35.4 Å². The number of nitrogens with one attached hydrogen (secondary N) is 1. The van der Waals surface area contributed by atoms with Gasteiger partial charge in [-0.2, -0.15) is 0 Å². The Morgan fingerprint density at radius 3 is 2.58 bits per heavy atom. The van der Waals surface area contributed by atoms with Crippen LogP contribution in [0.25, 0.3) is 0 Å². The van der Waals surface area contributed by atoms with Crippen LogP contribution in [0.3, 0.4) is 0 Å². The third-order valence-electron chi connectivity index (χ3n) is 4.30. The van der Waals surface area contributed by atoms with Gasteiger partial charge in [-0.3, -0.25) is 0 Å². The Hall–Kier alpha value is -0.860. The maximum Gasteiger partial charge on any atom is 0.00812 e. The van der Waals surface area contributed by atoms with Gasteiger partial charge in [-0.05, 0) is 70.8 Å². The van der Waals surface area contributed by atoms with Crippen LogP contribution in [0.2, 0.25) is 0 Å². The molecule has 0 spiro atoms. The van der Waals surface area contributed by atoms with E-state index in [0.29, 0.717) is 6.04 Å². The van der Waals surface area contributed by atoms with Crippen molar-refractivity contribution in [1.82, 2.24) is 10.2 Å². The third kappa shape index (κ3) is 4.05. The average Bonchev–Trinajstić information content (AvgIpc) is 2.32. The summed E-state index contributed by atoms with van der Waals surface area (Å²) in [4.78, 5) is 2.26. The van der Waals surface area contributed by atoms with Crippen molar-refractivity contribution in [3.63, 3.8) is 0 Å². The van der Waals surface area contributed by atoms with Crippen molar-refractivity contribution >= 4 is 0 Å². The van der Waals surface area contributed by atoms with Gasteiger partial charge in [-0.1, -0.05) is 24.3 Å². The minimum atomic E-state index is 0.630. The summed E-state index contributed by atoms with van der Waals surface area (Å²) in [5.41, 5.74) is 3.01. The Labute approximate surface area is 118 Å². The monoisotopic (exact) mass is 260 g/mol. The number of benzene rings is 1. The highest BCUT2D eigenvalue weighted by Crippen LogP contribution is 2.38. The molecule has 1 N–H and O–H groups in total. The zero-order chi connectivity index (χ0) is 13.8. The maximum absolute atomic E-state index is 3.76. The summed E-state index contributed by atoms with van der Waals surface area (Å²) in [5, 5.41) is 3.76. The first-order valence-corrected chi connectivity index (χ1v) is 7.52. The summed E-state index contributed by atoms with van der Waals surface area (Å²) >= 11 is 0. The van der Waals surface area contributed by atoms with Crippen LogP contribution in [0, 0.1) is 6.92 Å². The zero-order valence-corrected chi connectivity index (χ0v) is 12.8. The van der Waals surface area contributed by atoms with E-state index in [2.05, 4.69) is 62.4 Å². The van der Waals surface area contributed by atoms with Gasteiger partial charge in [0.1, 0.15) is 0 Å². The quantitative estimate of drug-likeness (QED) is 0.845. The minimum absolute atomic E-state index is 0.630. The first-order chi connectivity index (χ1) is 9.06. The molecule has 1 aliphatic rings. The molecule has 1 aliphatic carbocycles. The highest BCUT2D eigenvalue weighted by atomic mass is 15.1. The molecule has 1 unspecified atom stereocenters. The van der Waals surface area contributed by atoms with Gasteiger partial charge in [0.25, 0.3) is 0 Å². The second-order valence-corrected chi connectivity index (χ2v) is 6.38. The topological polar surface area (TPSA) is 15.3 Å². The highest BCUT2D eigenvalue weighted by Gasteiger charge is 2.31. The number of aryl methyl sites for hydroxylation is 1. The Morgan fingerprint density at radius 1 is 1.26 bits per heavy atom. The van der Waals surface area contributed by atoms with Crippen molar-refractivity contribution in [2.24, 2.45) is 0 Å². The summed E-state index contributed by atoms with van der Waals surface area (Å²) in [6.45, 7) is 5.71. The molecule has 0 heterocycles. The van der Waals surface area contributed by atoms with Crippen molar-refractivity contribution in [2.75, 3.05) is 20.6 Å². The van der Waals surface area contributed by atoms with Crippen LogP contribution >= 0.6 is 0 Å². The van der Waals surface area contributed by atoms with Crippen LogP contribution in [0.4, 0.5) is 0 Å². The Kier molecular flexibility index (Phi) is 5.00. The van der Waals surface area contributed by atoms with E-state index >= 15 is 0 Å². The molecule has 0 aliphatic heterocycles. The number of hydrogen-bond acceptors (Lipinski definition) is 2. The molecule has 0 bridgehead atoms. The third-order valence-corrected chi connectivity index (χ3v) is 4.30. The normalized spacial score (nSPS) is 24.3. The first kappa shape index (κ1) is 14.5. The smallest absolute Gasteiger partial charge is 0.00812 e. The summed E-state index contributed by atoms with van der Waals surface area (Å²) in [5.74, 6) is 0.778. The van der Waals surface area contributed by atoms with Gasteiger partial charge in [0.05, 0.1) is 0 Å². The van der Waals surface area contributed by atoms with Crippen LogP contribution in [0.1, 0.15) is 43.2 Å². The summed E-state index contributed by atoms with van der Waals surface area (Å²) in [6, 6.07) is 10.2. The van der Waals surface area contributed by atoms with E-state index in [0.717, 1.165) is 12.0 Å². The molecule has 0 amide bonds. The Morgan fingerprint density at radius 2 is 1.95 bits per heavy atom. The fourth-order valence-electron chi connectivity index (χ4n) is 2.99. The largest absolute Gasteiger partial charge is 0.311 e. The fraction of sp³-hybridized carbons (Fsp3) is 0.647. The lowest BCUT2D eigenvalue weighted by atomic mass is 9.74. The second-order valence-electron chi connectivity index (χ2n) is 6.38. The molecule has 2 nitrogen and oxygen atoms in total. The van der Waals surface area contributed by atoms with Gasteiger partial charge in [0, 0.05) is 12.1 Å². The summed E-state index contributed by atoms with van der Waals surface area (Å²) in [6.07, 6.45) is 3.84. The highest BCUT2D eigenvalue weighted by molar-refractivity contribution is 5.31. The van der Waals surface area contributed by atoms with Crippen LogP contribution in [0.15, 0.2) is 24.3 Å². The van der Waals surface area contributed by atoms with E-state index in [9.17, 15) is 0 Å². The molecule has 1 saturated carbocycles. The van der Waals surface area contributed by atoms with Gasteiger partial charge in [-0.15, -0.1) is 0 Å². The predicted octanol–water partition coefficient (Wildman–Crippen LogP) is 3.17. The summed E-state index contributed by atoms with van der Waals surface area (Å²) < 4.78 is 0. The number of hydrogen-bond donors (Lipinski definition) is 1. The Bertz CT molecular complexity index is 394. The van der Waals surface area contributed by atoms with Crippen molar-refractivity contribution in [3.8, 4) is 0 Å². The van der Waals surface area contributed by atoms with Gasteiger partial charge in [-0.25, -0.2) is 0 Å². The predicted molar refractivity (Wildman–Crippen MR) is 82.7 cm³/mol. The van der Waals surface area contributed by atoms with Crippen LogP contribution in [-0.2, 0) is 0 Å². The second kappa shape index (κ2) is 6.53. The number of nitrogens with zero attached hydrogens (tertiary/aromatic N) is 1. The maximum atomic E-state index is 3.76. The average molecular weight is 260 g/mol. The molecule has 2 rings (SSSR count). The zero-order valence-electron chi connectivity index (χ0n) is 12.8. The fourth-order valence-corrected chi connectivity index (χ4v) is 2.99. The molecule has 1 fully saturated rings. The van der Waals surface area contributed by atoms with Gasteiger partial charge < -0.3 is 10.2 Å². The SMILES string of the molecule is Cc1ccccc1C1CC(NC(C)CCN(C)C)C1. The van der Waals surface area contributed by atoms with Crippen molar-refractivity contribution in [1.29, 1.82) is 0 Å². The van der Waals surface area contributed by atoms with E-state index in [1.54, 1.807) is 5.56 Å². The van der Waals surface area contributed by atoms with E-state index < -0.39 is 0 Å². The van der Waals surface area contributed by atoms with Crippen LogP contribution < -0.4 is 5.32 Å². The van der Waals surface area contributed by atoms with E-state index in [1.165, 1.54) is 31.4 Å². The minimum Gasteiger partial charge on any atom is -0.311 e. The van der Waals surface area contributed by atoms with Crippen molar-refractivity contribution < 1.29 is 0 Å². The number of rotatable bonds is 6. The lowest BCUT2D eigenvalue weighted by Crippen LogP contribution is -2.45. The van der Waals surface area contributed by atoms with Gasteiger partial charge in [0.15, 0.2) is 0 Å². The molecule has 0 aromatic heterocycles. The van der Waals surface area contributed by atoms with E-state index in [4.69, 9.17) is 0 Å². The molecule has 19 heavy (non-hydrogen) atoms. The van der Waals surface area contributed by atoms with Gasteiger partial charge in [0.2, 0.25) is 0 Å². The van der Waals surface area contributed by atoms with Crippen molar-refractivity contribution in [2.45, 2.75) is 51.1 Å². The molecule has 1 atom stereocenters. The molecular weight excluding hydrogens is 232 g/mol. The molecule has 1 aromatic carbocycles. The summed E-state index contributed by atoms with van der Waals surface area (Å²) in [7, 11) is 4.29. The van der Waals surface area contributed by atoms with E-state index in [-0.39, 0.29) is 0 Å². The van der Waals surface area contributed by atoms with E-state index in [1.807, 2.05) is 0 Å².